The van der Waals surface area contributed by atoms with Gasteiger partial charge in [0.05, 0.1) is 6.61 Å². The van der Waals surface area contributed by atoms with Gasteiger partial charge in [0.15, 0.2) is 6.10 Å². The highest BCUT2D eigenvalue weighted by Gasteiger charge is 2.35. The number of ether oxygens (including phenoxy) is 1. The zero-order chi connectivity index (χ0) is 13.6. The number of carbonyl (C=O) groups is 3. The van der Waals surface area contributed by atoms with E-state index < -0.39 is 43.0 Å². The van der Waals surface area contributed by atoms with E-state index in [4.69, 9.17) is 20.4 Å². The van der Waals surface area contributed by atoms with Crippen molar-refractivity contribution in [3.05, 3.63) is 0 Å². The summed E-state index contributed by atoms with van der Waals surface area (Å²) in [5.74, 6) is -3.25. The molecule has 9 nitrogen and oxygen atoms in total. The first-order valence-electron chi connectivity index (χ1n) is 4.39. The predicted octanol–water partition coefficient (Wildman–Crippen LogP) is -4.31. The smallest absolute Gasteiger partial charge is 0.379 e. The molecule has 17 heavy (non-hydrogen) atoms. The number of rotatable bonds is 6. The van der Waals surface area contributed by atoms with Crippen molar-refractivity contribution in [2.45, 2.75) is 24.4 Å². The number of aldehydes is 1. The molecule has 0 aliphatic carbocycles. The van der Waals surface area contributed by atoms with E-state index in [1.807, 2.05) is 0 Å². The third-order valence-electron chi connectivity index (χ3n) is 1.79. The minimum Gasteiger partial charge on any atom is -0.394 e. The maximum Gasteiger partial charge on any atom is 0.379 e. The Hall–Kier alpha value is -1.39. The lowest BCUT2D eigenvalue weighted by Crippen LogP contribution is -2.49. The van der Waals surface area contributed by atoms with Crippen molar-refractivity contribution in [3.63, 3.8) is 0 Å². The Morgan fingerprint density at radius 2 is 1.65 bits per heavy atom. The van der Waals surface area contributed by atoms with E-state index in [2.05, 4.69) is 4.74 Å². The van der Waals surface area contributed by atoms with Crippen molar-refractivity contribution in [2.75, 3.05) is 6.61 Å². The van der Waals surface area contributed by atoms with Gasteiger partial charge in [0.1, 0.15) is 18.3 Å². The van der Waals surface area contributed by atoms with E-state index in [0.29, 0.717) is 0 Å². The first-order chi connectivity index (χ1) is 7.84. The van der Waals surface area contributed by atoms with Gasteiger partial charge in [-0.3, -0.25) is 4.79 Å². The van der Waals surface area contributed by atoms with Gasteiger partial charge in [0, 0.05) is 0 Å². The van der Waals surface area contributed by atoms with Gasteiger partial charge in [-0.05, 0) is 0 Å². The minimum absolute atomic E-state index is 0.337. The fraction of sp³-hybridized carbons (Fsp3) is 0.625. The molecule has 0 amide bonds. The molecule has 0 fully saturated rings. The summed E-state index contributed by atoms with van der Waals surface area (Å²) in [5, 5.41) is 44.7. The van der Waals surface area contributed by atoms with Gasteiger partial charge >= 0.3 is 11.9 Å². The number of esters is 2. The molecule has 0 rings (SSSR count). The highest BCUT2D eigenvalue weighted by atomic mass is 16.6. The second kappa shape index (κ2) is 7.04. The van der Waals surface area contributed by atoms with Gasteiger partial charge in [-0.25, -0.2) is 9.59 Å². The maximum atomic E-state index is 10.9. The predicted molar refractivity (Wildman–Crippen MR) is 48.3 cm³/mol. The third-order valence-corrected chi connectivity index (χ3v) is 1.79. The van der Waals surface area contributed by atoms with E-state index in [1.54, 1.807) is 0 Å². The van der Waals surface area contributed by atoms with Crippen molar-refractivity contribution >= 4 is 18.2 Å². The average molecular weight is 252 g/mol. The van der Waals surface area contributed by atoms with Crippen LogP contribution in [0.25, 0.3) is 0 Å². The fourth-order valence-corrected chi connectivity index (χ4v) is 0.845. The van der Waals surface area contributed by atoms with Crippen LogP contribution in [0, 0.1) is 0 Å². The van der Waals surface area contributed by atoms with Gasteiger partial charge in [0.2, 0.25) is 6.29 Å². The summed E-state index contributed by atoms with van der Waals surface area (Å²) in [7, 11) is 0. The molecule has 0 aromatic heterocycles. The van der Waals surface area contributed by atoms with Crippen LogP contribution in [0.3, 0.4) is 0 Å². The molecular formula is C8H12O9. The zero-order valence-electron chi connectivity index (χ0n) is 8.46. The number of carbonyl (C=O) groups excluding carboxylic acids is 3. The minimum atomic E-state index is -2.35. The van der Waals surface area contributed by atoms with E-state index in [-0.39, 0.29) is 6.29 Å². The summed E-state index contributed by atoms with van der Waals surface area (Å²) in [6.45, 7) is -0.923. The summed E-state index contributed by atoms with van der Waals surface area (Å²) in [4.78, 5) is 31.1. The normalized spacial score (nSPS) is 17.7. The molecule has 0 radical (unpaired) electrons. The molecule has 0 aliphatic rings. The van der Waals surface area contributed by atoms with Crippen LogP contribution in [-0.2, 0) is 19.1 Å². The lowest BCUT2D eigenvalue weighted by molar-refractivity contribution is -0.177. The zero-order valence-corrected chi connectivity index (χ0v) is 8.46. The fourth-order valence-electron chi connectivity index (χ4n) is 0.845. The molecule has 0 aromatic rings. The number of hydrogen-bond donors (Lipinski definition) is 5. The van der Waals surface area contributed by atoms with Crippen LogP contribution in [0.5, 0.6) is 0 Å². The van der Waals surface area contributed by atoms with Crippen LogP contribution in [0.1, 0.15) is 0 Å². The highest BCUT2D eigenvalue weighted by molar-refractivity contribution is 6.23. The number of aliphatic hydroxyl groups excluding tert-OH is 5. The maximum absolute atomic E-state index is 10.9. The van der Waals surface area contributed by atoms with E-state index in [9.17, 15) is 19.5 Å². The van der Waals surface area contributed by atoms with Crippen molar-refractivity contribution in [1.29, 1.82) is 0 Å². The van der Waals surface area contributed by atoms with Crippen molar-refractivity contribution in [2.24, 2.45) is 0 Å². The number of aliphatic hydroxyl groups is 5. The average Bonchev–Trinajstić information content (AvgIpc) is 2.34. The molecule has 0 aliphatic heterocycles. The lowest BCUT2D eigenvalue weighted by atomic mass is 10.0. The molecule has 9 heteroatoms. The third kappa shape index (κ3) is 4.54. The molecular weight excluding hydrogens is 240 g/mol. The van der Waals surface area contributed by atoms with Gasteiger partial charge in [-0.15, -0.1) is 0 Å². The van der Waals surface area contributed by atoms with Gasteiger partial charge in [0.25, 0.3) is 0 Å². The van der Waals surface area contributed by atoms with Crippen LogP contribution >= 0.6 is 0 Å². The second-order valence-electron chi connectivity index (χ2n) is 3.03. The van der Waals surface area contributed by atoms with Crippen LogP contribution in [0.4, 0.5) is 0 Å². The topological polar surface area (TPSA) is 162 Å². The van der Waals surface area contributed by atoms with Crippen molar-refractivity contribution in [3.8, 4) is 0 Å². The molecule has 0 saturated carbocycles. The first kappa shape index (κ1) is 15.6. The van der Waals surface area contributed by atoms with Crippen LogP contribution in [-0.4, -0.2) is 74.8 Å². The molecule has 0 saturated heterocycles. The Morgan fingerprint density at radius 3 is 2.06 bits per heavy atom. The Morgan fingerprint density at radius 1 is 1.12 bits per heavy atom. The summed E-state index contributed by atoms with van der Waals surface area (Å²) in [6.07, 6.45) is -8.71. The molecule has 0 spiro atoms. The lowest BCUT2D eigenvalue weighted by Gasteiger charge is -2.23. The highest BCUT2D eigenvalue weighted by Crippen LogP contribution is 2.06. The molecule has 0 heterocycles. The Kier molecular flexibility index (Phi) is 6.46. The molecule has 0 aromatic carbocycles. The molecule has 0 unspecified atom stereocenters. The molecule has 98 valence electrons. The van der Waals surface area contributed by atoms with Crippen LogP contribution < -0.4 is 0 Å². The summed E-state index contributed by atoms with van der Waals surface area (Å²) < 4.78 is 3.73. The Labute approximate surface area is 94.9 Å². The SMILES string of the molecule is O=CC(=O)OC(=O)[C@H](O)[C@@H](O)[C@H](O)[C@H](O)CO. The standard InChI is InChI=1S/C8H12O9/c9-1-3(11)5(13)6(14)7(15)8(16)17-4(12)2-10/h2-3,5-7,9,11,13-15H,1H2/t3-,5-,6+,7-/m1/s1. The largest absolute Gasteiger partial charge is 0.394 e. The van der Waals surface area contributed by atoms with Crippen molar-refractivity contribution < 1.29 is 44.7 Å². The Bertz CT molecular complexity index is 289. The molecule has 0 bridgehead atoms. The monoisotopic (exact) mass is 252 g/mol. The van der Waals surface area contributed by atoms with Gasteiger partial charge < -0.3 is 30.3 Å². The van der Waals surface area contributed by atoms with Crippen LogP contribution in [0.15, 0.2) is 0 Å². The summed E-state index contributed by atoms with van der Waals surface area (Å²) >= 11 is 0. The van der Waals surface area contributed by atoms with Gasteiger partial charge in [-0.1, -0.05) is 0 Å². The van der Waals surface area contributed by atoms with E-state index in [1.165, 1.54) is 0 Å². The van der Waals surface area contributed by atoms with Gasteiger partial charge in [-0.2, -0.15) is 0 Å². The van der Waals surface area contributed by atoms with Crippen LogP contribution in [0.2, 0.25) is 0 Å². The molecule has 4 atom stereocenters. The number of hydrogen-bond acceptors (Lipinski definition) is 9. The summed E-state index contributed by atoms with van der Waals surface area (Å²) in [5.41, 5.74) is 0. The first-order valence-corrected chi connectivity index (χ1v) is 4.39. The van der Waals surface area contributed by atoms with E-state index in [0.717, 1.165) is 0 Å². The van der Waals surface area contributed by atoms with Crippen molar-refractivity contribution in [1.82, 2.24) is 0 Å². The molecule has 5 N–H and O–H groups in total. The second-order valence-corrected chi connectivity index (χ2v) is 3.03. The quantitative estimate of drug-likeness (QED) is 0.136. The Balaban J connectivity index is 4.48. The van der Waals surface area contributed by atoms with E-state index >= 15 is 0 Å². The summed E-state index contributed by atoms with van der Waals surface area (Å²) in [6, 6.07) is 0.